The number of allylic oxidation sites excluding steroid dienone is 4. The Bertz CT molecular complexity index is 1240. The lowest BCUT2D eigenvalue weighted by atomic mass is 9.62. The van der Waals surface area contributed by atoms with Crippen LogP contribution in [0.15, 0.2) is 34.9 Å². The molecule has 0 unspecified atom stereocenters. The van der Waals surface area contributed by atoms with E-state index >= 15 is 0 Å². The SMILES string of the molecule is CC#C[C@]1(OC(C)=O)CC[C@H]2[C@@H]3CCC4=CC(=O)CCC4=C(C3)[C@@H](c3cc(F)c(C)c(F)c3)C[C@@]21C. The van der Waals surface area contributed by atoms with Crippen molar-refractivity contribution in [3.63, 3.8) is 0 Å². The summed E-state index contributed by atoms with van der Waals surface area (Å²) in [6.45, 7) is 6.83. The van der Waals surface area contributed by atoms with E-state index in [2.05, 4.69) is 18.8 Å². The summed E-state index contributed by atoms with van der Waals surface area (Å²) in [7, 11) is 0. The first kappa shape index (κ1) is 24.9. The van der Waals surface area contributed by atoms with Crippen LogP contribution in [0.4, 0.5) is 8.78 Å². The van der Waals surface area contributed by atoms with Gasteiger partial charge in [0.15, 0.2) is 11.4 Å². The second-order valence-electron chi connectivity index (χ2n) is 11.4. The lowest BCUT2D eigenvalue weighted by Crippen LogP contribution is -2.48. The molecule has 2 fully saturated rings. The second kappa shape index (κ2) is 8.98. The molecule has 0 spiro atoms. The fourth-order valence-corrected chi connectivity index (χ4v) is 7.81. The third-order valence-electron chi connectivity index (χ3n) is 9.52. The van der Waals surface area contributed by atoms with Crippen molar-refractivity contribution in [3.05, 3.63) is 57.7 Å². The molecule has 5 atom stereocenters. The normalized spacial score (nSPS) is 33.4. The minimum atomic E-state index is -0.933. The molecule has 4 aliphatic rings. The highest BCUT2D eigenvalue weighted by molar-refractivity contribution is 5.93. The zero-order valence-electron chi connectivity index (χ0n) is 21.6. The van der Waals surface area contributed by atoms with Crippen molar-refractivity contribution in [3.8, 4) is 11.8 Å². The summed E-state index contributed by atoms with van der Waals surface area (Å²) >= 11 is 0. The topological polar surface area (TPSA) is 43.4 Å². The lowest BCUT2D eigenvalue weighted by molar-refractivity contribution is -0.163. The van der Waals surface area contributed by atoms with Crippen LogP contribution in [0.25, 0.3) is 0 Å². The fraction of sp³-hybridized carbons (Fsp3) is 0.548. The number of carbonyl (C=O) groups excluding carboxylic acids is 2. The number of hydrogen-bond donors (Lipinski definition) is 0. The van der Waals surface area contributed by atoms with Crippen LogP contribution in [0.2, 0.25) is 0 Å². The van der Waals surface area contributed by atoms with Crippen molar-refractivity contribution in [2.24, 2.45) is 17.3 Å². The van der Waals surface area contributed by atoms with Crippen molar-refractivity contribution in [2.75, 3.05) is 0 Å². The molecule has 0 saturated heterocycles. The number of fused-ring (bicyclic) bond motifs is 5. The van der Waals surface area contributed by atoms with E-state index in [-0.39, 0.29) is 29.2 Å². The Labute approximate surface area is 212 Å². The molecule has 0 heterocycles. The molecule has 1 aromatic carbocycles. The molecule has 5 heteroatoms. The van der Waals surface area contributed by atoms with Gasteiger partial charge in [-0.2, -0.15) is 0 Å². The fourth-order valence-electron chi connectivity index (χ4n) is 7.81. The quantitative estimate of drug-likeness (QED) is 0.334. The van der Waals surface area contributed by atoms with Gasteiger partial charge in [0, 0.05) is 30.2 Å². The van der Waals surface area contributed by atoms with Gasteiger partial charge in [0.25, 0.3) is 0 Å². The van der Waals surface area contributed by atoms with Gasteiger partial charge >= 0.3 is 5.97 Å². The first-order valence-corrected chi connectivity index (χ1v) is 13.1. The number of ketones is 1. The molecule has 0 N–H and O–H groups in total. The number of esters is 1. The maximum atomic E-state index is 14.9. The molecule has 0 aliphatic heterocycles. The van der Waals surface area contributed by atoms with Crippen molar-refractivity contribution < 1.29 is 23.1 Å². The van der Waals surface area contributed by atoms with E-state index in [1.807, 2.05) is 0 Å². The maximum absolute atomic E-state index is 14.9. The minimum Gasteiger partial charge on any atom is -0.445 e. The summed E-state index contributed by atoms with van der Waals surface area (Å²) in [5.74, 6) is 5.36. The number of carbonyl (C=O) groups is 2. The van der Waals surface area contributed by atoms with E-state index in [0.29, 0.717) is 37.2 Å². The summed E-state index contributed by atoms with van der Waals surface area (Å²) in [6, 6.07) is 2.96. The van der Waals surface area contributed by atoms with Gasteiger partial charge < -0.3 is 4.74 Å². The van der Waals surface area contributed by atoms with Crippen molar-refractivity contribution >= 4 is 11.8 Å². The molecule has 0 radical (unpaired) electrons. The van der Waals surface area contributed by atoms with E-state index in [1.165, 1.54) is 37.1 Å². The van der Waals surface area contributed by atoms with E-state index < -0.39 is 22.7 Å². The predicted molar refractivity (Wildman–Crippen MR) is 134 cm³/mol. The van der Waals surface area contributed by atoms with Crippen LogP contribution < -0.4 is 0 Å². The van der Waals surface area contributed by atoms with Crippen LogP contribution in [0.5, 0.6) is 0 Å². The number of ether oxygens (including phenoxy) is 1. The van der Waals surface area contributed by atoms with E-state index in [9.17, 15) is 18.4 Å². The van der Waals surface area contributed by atoms with Gasteiger partial charge in [-0.25, -0.2) is 8.78 Å². The molecule has 3 nitrogen and oxygen atoms in total. The molecule has 1 aromatic rings. The molecule has 2 bridgehead atoms. The molecule has 0 aromatic heterocycles. The Morgan fingerprint density at radius 3 is 2.53 bits per heavy atom. The molecule has 5 rings (SSSR count). The number of hydrogen-bond acceptors (Lipinski definition) is 3. The molecule has 0 amide bonds. The van der Waals surface area contributed by atoms with Crippen molar-refractivity contribution in [1.29, 1.82) is 0 Å². The molecular weight excluding hydrogens is 458 g/mol. The van der Waals surface area contributed by atoms with Crippen LogP contribution in [0.3, 0.4) is 0 Å². The van der Waals surface area contributed by atoms with Crippen LogP contribution in [0.1, 0.15) is 89.2 Å². The Hall–Kier alpha value is -2.74. The summed E-state index contributed by atoms with van der Waals surface area (Å²) in [5, 5.41) is 0. The van der Waals surface area contributed by atoms with Gasteiger partial charge in [0.1, 0.15) is 11.6 Å². The van der Waals surface area contributed by atoms with Crippen LogP contribution in [-0.2, 0) is 14.3 Å². The highest BCUT2D eigenvalue weighted by atomic mass is 19.1. The maximum Gasteiger partial charge on any atom is 0.304 e. The summed E-state index contributed by atoms with van der Waals surface area (Å²) in [6.07, 6.45) is 7.65. The Kier molecular flexibility index (Phi) is 6.22. The zero-order valence-corrected chi connectivity index (χ0v) is 21.6. The number of benzene rings is 1. The zero-order chi connectivity index (χ0) is 25.8. The number of halogens is 2. The van der Waals surface area contributed by atoms with Crippen LogP contribution in [-0.4, -0.2) is 17.4 Å². The Morgan fingerprint density at radius 2 is 1.86 bits per heavy atom. The smallest absolute Gasteiger partial charge is 0.304 e. The molecule has 190 valence electrons. The van der Waals surface area contributed by atoms with Gasteiger partial charge in [0.05, 0.1) is 0 Å². The third kappa shape index (κ3) is 3.85. The Morgan fingerprint density at radius 1 is 1.14 bits per heavy atom. The Balaban J connectivity index is 1.75. The van der Waals surface area contributed by atoms with E-state index in [4.69, 9.17) is 4.74 Å². The van der Waals surface area contributed by atoms with Gasteiger partial charge in [0.2, 0.25) is 0 Å². The minimum absolute atomic E-state index is 0.0173. The monoisotopic (exact) mass is 492 g/mol. The molecule has 36 heavy (non-hydrogen) atoms. The van der Waals surface area contributed by atoms with E-state index in [1.54, 1.807) is 13.0 Å². The predicted octanol–water partition coefficient (Wildman–Crippen LogP) is 6.89. The van der Waals surface area contributed by atoms with Gasteiger partial charge in [-0.1, -0.05) is 18.4 Å². The molecule has 2 saturated carbocycles. The van der Waals surface area contributed by atoms with Gasteiger partial charge in [-0.3, -0.25) is 9.59 Å². The summed E-state index contributed by atoms with van der Waals surface area (Å²) < 4.78 is 35.9. The number of rotatable bonds is 2. The first-order chi connectivity index (χ1) is 17.1. The summed E-state index contributed by atoms with van der Waals surface area (Å²) in [4.78, 5) is 24.6. The summed E-state index contributed by atoms with van der Waals surface area (Å²) in [5.41, 5.74) is 2.72. The second-order valence-corrected chi connectivity index (χ2v) is 11.4. The highest BCUT2D eigenvalue weighted by Crippen LogP contribution is 2.65. The standard InChI is InChI=1S/C31H34F2O3/c1-5-11-31(36-19(3)34)12-10-27-21-7-6-20-13-23(35)8-9-24(20)25(14-21)26(17-30(27,31)4)22-15-28(32)18(2)29(33)16-22/h13,15-16,21,26-27H,6-10,12,14,17H2,1-4H3/t21-,26-,27+,30+,31+/m1/s1. The average molecular weight is 493 g/mol. The largest absolute Gasteiger partial charge is 0.445 e. The van der Waals surface area contributed by atoms with Gasteiger partial charge in [-0.05, 0) is 106 Å². The van der Waals surface area contributed by atoms with Crippen LogP contribution >= 0.6 is 0 Å². The van der Waals surface area contributed by atoms with Crippen molar-refractivity contribution in [1.82, 2.24) is 0 Å². The van der Waals surface area contributed by atoms with Gasteiger partial charge in [-0.15, -0.1) is 5.92 Å². The van der Waals surface area contributed by atoms with Crippen molar-refractivity contribution in [2.45, 2.75) is 90.6 Å². The van der Waals surface area contributed by atoms with E-state index in [0.717, 1.165) is 31.3 Å². The highest BCUT2D eigenvalue weighted by Gasteiger charge is 2.63. The lowest BCUT2D eigenvalue weighted by Gasteiger charge is -2.45. The van der Waals surface area contributed by atoms with Crippen LogP contribution in [0, 0.1) is 47.6 Å². The third-order valence-corrected chi connectivity index (χ3v) is 9.52. The molecular formula is C31H34F2O3. The molecule has 4 aliphatic carbocycles. The first-order valence-electron chi connectivity index (χ1n) is 13.1. The average Bonchev–Trinajstić information content (AvgIpc) is 2.93.